The number of aliphatic hydroxyl groups excluding tert-OH is 1. The number of fused-ring (bicyclic) bond motifs is 1. The summed E-state index contributed by atoms with van der Waals surface area (Å²) in [6, 6.07) is 3.05. The summed E-state index contributed by atoms with van der Waals surface area (Å²) in [4.78, 5) is 14.7. The molecular weight excluding hydrogens is 410 g/mol. The fraction of sp³-hybridized carbons (Fsp3) is 0.294. The molecule has 1 aliphatic heterocycles. The van der Waals surface area contributed by atoms with Crippen molar-refractivity contribution in [2.45, 2.75) is 25.6 Å². The molecule has 2 aromatic heterocycles. The highest BCUT2D eigenvalue weighted by Crippen LogP contribution is 2.35. The number of nitrogens with zero attached hydrogens (tertiary/aromatic N) is 5. The Morgan fingerprint density at radius 2 is 2.11 bits per heavy atom. The molecule has 28 heavy (non-hydrogen) atoms. The molecule has 1 aromatic carbocycles. The number of carbonyl (C=O) groups is 1. The highest BCUT2D eigenvalue weighted by Gasteiger charge is 2.39. The van der Waals surface area contributed by atoms with Gasteiger partial charge in [0.2, 0.25) is 0 Å². The first-order valence-electron chi connectivity index (χ1n) is 8.43. The summed E-state index contributed by atoms with van der Waals surface area (Å²) < 4.78 is 15.4. The number of amides is 1. The lowest BCUT2D eigenvalue weighted by molar-refractivity contribution is 0.0346. The average molecular weight is 425 g/mol. The molecule has 0 bridgehead atoms. The molecule has 2 N–H and O–H groups in total. The zero-order valence-corrected chi connectivity index (χ0v) is 16.1. The summed E-state index contributed by atoms with van der Waals surface area (Å²) in [6.07, 6.45) is 1.60. The maximum absolute atomic E-state index is 13.6. The molecule has 0 radical (unpaired) electrons. The minimum absolute atomic E-state index is 0.0557. The van der Waals surface area contributed by atoms with E-state index in [1.54, 1.807) is 19.2 Å². The van der Waals surface area contributed by atoms with Crippen LogP contribution in [0.1, 0.15) is 29.1 Å². The number of halogens is 3. The first kappa shape index (κ1) is 18.9. The van der Waals surface area contributed by atoms with Crippen LogP contribution in [0.3, 0.4) is 0 Å². The molecule has 3 aromatic rings. The van der Waals surface area contributed by atoms with Crippen molar-refractivity contribution in [2.24, 2.45) is 0 Å². The lowest BCUT2D eigenvalue weighted by Crippen LogP contribution is -2.50. The Kier molecular flexibility index (Phi) is 4.82. The highest BCUT2D eigenvalue weighted by molar-refractivity contribution is 6.44. The molecule has 0 saturated carbocycles. The van der Waals surface area contributed by atoms with Crippen LogP contribution in [0.15, 0.2) is 24.4 Å². The third kappa shape index (κ3) is 2.86. The van der Waals surface area contributed by atoms with Crippen LogP contribution in [0.25, 0.3) is 11.5 Å². The average Bonchev–Trinajstić information content (AvgIpc) is 3.35. The number of carbonyl (C=O) groups excluding carboxylic acids is 1. The molecule has 0 saturated heterocycles. The first-order valence-corrected chi connectivity index (χ1v) is 9.19. The largest absolute Gasteiger partial charge is 0.394 e. The lowest BCUT2D eigenvalue weighted by atomic mass is 10.1. The van der Waals surface area contributed by atoms with Crippen LogP contribution in [-0.2, 0) is 6.54 Å². The second-order valence-corrected chi connectivity index (χ2v) is 7.17. The van der Waals surface area contributed by atoms with Gasteiger partial charge in [-0.15, -0.1) is 10.2 Å². The van der Waals surface area contributed by atoms with Crippen molar-refractivity contribution in [1.29, 1.82) is 0 Å². The number of benzene rings is 1. The van der Waals surface area contributed by atoms with E-state index >= 15 is 0 Å². The van der Waals surface area contributed by atoms with Crippen molar-refractivity contribution < 1.29 is 14.3 Å². The predicted octanol–water partition coefficient (Wildman–Crippen LogP) is 2.69. The fourth-order valence-electron chi connectivity index (χ4n) is 3.44. The maximum Gasteiger partial charge on any atom is 0.256 e. The van der Waals surface area contributed by atoms with E-state index in [1.165, 1.54) is 11.0 Å². The molecule has 146 valence electrons. The molecule has 1 amide bonds. The third-order valence-electron chi connectivity index (χ3n) is 4.81. The van der Waals surface area contributed by atoms with Crippen LogP contribution >= 0.6 is 23.2 Å². The fourth-order valence-corrected chi connectivity index (χ4v) is 3.84. The summed E-state index contributed by atoms with van der Waals surface area (Å²) in [5.74, 6) is -0.0758. The van der Waals surface area contributed by atoms with Gasteiger partial charge in [0.1, 0.15) is 11.5 Å². The number of aliphatic hydroxyl groups is 1. The molecule has 4 rings (SSSR count). The molecule has 0 fully saturated rings. The maximum atomic E-state index is 13.6. The van der Waals surface area contributed by atoms with Crippen molar-refractivity contribution in [3.05, 3.63) is 51.6 Å². The topological polar surface area (TPSA) is 99.9 Å². The molecule has 2 atom stereocenters. The number of nitrogens with one attached hydrogen (secondary N) is 1. The van der Waals surface area contributed by atoms with Gasteiger partial charge in [0, 0.05) is 12.7 Å². The third-order valence-corrected chi connectivity index (χ3v) is 5.67. The zero-order valence-electron chi connectivity index (χ0n) is 14.6. The van der Waals surface area contributed by atoms with Crippen molar-refractivity contribution in [1.82, 2.24) is 29.9 Å². The summed E-state index contributed by atoms with van der Waals surface area (Å²) in [7, 11) is 0. The van der Waals surface area contributed by atoms with Gasteiger partial charge in [-0.1, -0.05) is 23.2 Å². The Balaban J connectivity index is 1.75. The second kappa shape index (κ2) is 7.16. The van der Waals surface area contributed by atoms with Gasteiger partial charge in [-0.3, -0.25) is 9.89 Å². The molecule has 8 nitrogen and oxygen atoms in total. The van der Waals surface area contributed by atoms with E-state index in [0.717, 1.165) is 6.07 Å². The minimum Gasteiger partial charge on any atom is -0.394 e. The number of hydrogen-bond acceptors (Lipinski definition) is 5. The van der Waals surface area contributed by atoms with Gasteiger partial charge in [0.15, 0.2) is 11.6 Å². The quantitative estimate of drug-likeness (QED) is 0.629. The molecular formula is C17H15Cl2FN6O2. The van der Waals surface area contributed by atoms with E-state index in [2.05, 4.69) is 20.4 Å². The van der Waals surface area contributed by atoms with Gasteiger partial charge >= 0.3 is 0 Å². The second-order valence-electron chi connectivity index (χ2n) is 6.41. The van der Waals surface area contributed by atoms with Crippen LogP contribution in [0.5, 0.6) is 0 Å². The summed E-state index contributed by atoms with van der Waals surface area (Å²) in [5.41, 5.74) is 0.732. The lowest BCUT2D eigenvalue weighted by Gasteiger charge is -2.40. The van der Waals surface area contributed by atoms with Crippen LogP contribution in [0, 0.1) is 5.82 Å². The standard InChI is InChI=1S/C17H15Cl2FN6O2/c1-8-15-23-24-16(12-4-5-21-22-12)25(15)6-9(7-27)26(8)17(28)10-2-3-11(20)14(19)13(10)18/h2-5,8-9,27H,6-7H2,1H3,(H,21,22). The van der Waals surface area contributed by atoms with E-state index in [0.29, 0.717) is 17.3 Å². The van der Waals surface area contributed by atoms with Crippen molar-refractivity contribution in [3.63, 3.8) is 0 Å². The van der Waals surface area contributed by atoms with Crippen LogP contribution in [0.2, 0.25) is 10.0 Å². The highest BCUT2D eigenvalue weighted by atomic mass is 35.5. The molecule has 0 spiro atoms. The summed E-state index contributed by atoms with van der Waals surface area (Å²) >= 11 is 11.9. The minimum atomic E-state index is -0.711. The van der Waals surface area contributed by atoms with Crippen molar-refractivity contribution in [3.8, 4) is 11.5 Å². The molecule has 1 aliphatic rings. The number of aromatic nitrogens is 5. The van der Waals surface area contributed by atoms with E-state index in [9.17, 15) is 14.3 Å². The predicted molar refractivity (Wildman–Crippen MR) is 99.5 cm³/mol. The SMILES string of the molecule is CC1c2nnc(-c3ccn[nH]3)n2CC(CO)N1C(=O)c1ccc(F)c(Cl)c1Cl. The van der Waals surface area contributed by atoms with E-state index in [-0.39, 0.29) is 28.8 Å². The monoisotopic (exact) mass is 424 g/mol. The van der Waals surface area contributed by atoms with E-state index in [1.807, 2.05) is 4.57 Å². The number of hydrogen-bond donors (Lipinski definition) is 2. The van der Waals surface area contributed by atoms with E-state index in [4.69, 9.17) is 23.2 Å². The number of rotatable bonds is 3. The molecule has 0 aliphatic carbocycles. The van der Waals surface area contributed by atoms with Crippen LogP contribution in [0.4, 0.5) is 4.39 Å². The van der Waals surface area contributed by atoms with Crippen LogP contribution in [-0.4, -0.2) is 53.5 Å². The Hall–Kier alpha value is -2.49. The van der Waals surface area contributed by atoms with E-state index < -0.39 is 23.8 Å². The molecule has 2 unspecified atom stereocenters. The number of H-pyrrole nitrogens is 1. The Labute approximate surface area is 168 Å². The summed E-state index contributed by atoms with van der Waals surface area (Å²) in [6.45, 7) is 1.76. The first-order chi connectivity index (χ1) is 13.4. The number of aromatic amines is 1. The van der Waals surface area contributed by atoms with Crippen LogP contribution < -0.4 is 0 Å². The normalized spacial score (nSPS) is 19.0. The smallest absolute Gasteiger partial charge is 0.256 e. The zero-order chi connectivity index (χ0) is 20.0. The van der Waals surface area contributed by atoms with Crippen molar-refractivity contribution in [2.75, 3.05) is 6.61 Å². The van der Waals surface area contributed by atoms with Gasteiger partial charge in [-0.05, 0) is 25.1 Å². The summed E-state index contributed by atoms with van der Waals surface area (Å²) in [5, 5.41) is 24.6. The molecule has 11 heteroatoms. The van der Waals surface area contributed by atoms with Gasteiger partial charge in [0.05, 0.1) is 34.3 Å². The van der Waals surface area contributed by atoms with Gasteiger partial charge in [0.25, 0.3) is 5.91 Å². The van der Waals surface area contributed by atoms with Gasteiger partial charge in [-0.25, -0.2) is 4.39 Å². The Bertz CT molecular complexity index is 1040. The molecule has 3 heterocycles. The van der Waals surface area contributed by atoms with Gasteiger partial charge < -0.3 is 14.6 Å². The Morgan fingerprint density at radius 3 is 2.79 bits per heavy atom. The van der Waals surface area contributed by atoms with Gasteiger partial charge in [-0.2, -0.15) is 5.10 Å². The van der Waals surface area contributed by atoms with Crippen molar-refractivity contribution >= 4 is 29.1 Å². The Morgan fingerprint density at radius 1 is 1.32 bits per heavy atom.